The molecule has 0 unspecified atom stereocenters. The summed E-state index contributed by atoms with van der Waals surface area (Å²) in [5.74, 6) is -1.06. The van der Waals surface area contributed by atoms with E-state index in [9.17, 15) is 19.2 Å². The van der Waals surface area contributed by atoms with Gasteiger partial charge in [-0.05, 0) is 44.0 Å². The Bertz CT molecular complexity index is 751. The van der Waals surface area contributed by atoms with Crippen LogP contribution in [-0.4, -0.2) is 34.6 Å². The van der Waals surface area contributed by atoms with E-state index in [-0.39, 0.29) is 24.1 Å². The molecule has 26 heavy (non-hydrogen) atoms. The molecule has 1 saturated carbocycles. The number of nitrogens with zero attached hydrogens (tertiary/aromatic N) is 1. The average Bonchev–Trinajstić information content (AvgIpc) is 3.14. The molecule has 2 fully saturated rings. The third-order valence-electron chi connectivity index (χ3n) is 5.23. The Morgan fingerprint density at radius 2 is 1.58 bits per heavy atom. The van der Waals surface area contributed by atoms with Crippen LogP contribution < -0.4 is 10.6 Å². The van der Waals surface area contributed by atoms with E-state index in [0.29, 0.717) is 11.4 Å². The monoisotopic (exact) mass is 357 g/mol. The van der Waals surface area contributed by atoms with E-state index >= 15 is 0 Å². The van der Waals surface area contributed by atoms with Gasteiger partial charge in [-0.1, -0.05) is 12.8 Å². The van der Waals surface area contributed by atoms with Crippen LogP contribution in [-0.2, 0) is 19.2 Å². The molecule has 0 aromatic heterocycles. The van der Waals surface area contributed by atoms with E-state index in [1.807, 2.05) is 0 Å². The van der Waals surface area contributed by atoms with Gasteiger partial charge in [-0.2, -0.15) is 0 Å². The largest absolute Gasteiger partial charge is 0.326 e. The van der Waals surface area contributed by atoms with Crippen molar-refractivity contribution in [2.75, 3.05) is 10.6 Å². The van der Waals surface area contributed by atoms with Crippen molar-refractivity contribution in [3.05, 3.63) is 24.3 Å². The van der Waals surface area contributed by atoms with Crippen molar-refractivity contribution < 1.29 is 19.2 Å². The number of hydrogen-bond acceptors (Lipinski definition) is 4. The Morgan fingerprint density at radius 3 is 2.12 bits per heavy atom. The maximum atomic E-state index is 12.8. The van der Waals surface area contributed by atoms with Crippen LogP contribution in [0.5, 0.6) is 0 Å². The quantitative estimate of drug-likeness (QED) is 0.808. The summed E-state index contributed by atoms with van der Waals surface area (Å²) >= 11 is 0. The van der Waals surface area contributed by atoms with Crippen LogP contribution in [0, 0.1) is 5.41 Å². The normalized spacial score (nSPS) is 19.7. The summed E-state index contributed by atoms with van der Waals surface area (Å²) in [4.78, 5) is 49.8. The van der Waals surface area contributed by atoms with Gasteiger partial charge < -0.3 is 10.6 Å². The van der Waals surface area contributed by atoms with Crippen molar-refractivity contribution in [2.24, 2.45) is 5.41 Å². The fourth-order valence-corrected chi connectivity index (χ4v) is 3.86. The molecule has 3 rings (SSSR count). The van der Waals surface area contributed by atoms with Gasteiger partial charge in [0.25, 0.3) is 0 Å². The summed E-state index contributed by atoms with van der Waals surface area (Å²) in [7, 11) is 0. The molecule has 7 nitrogen and oxygen atoms in total. The first-order valence-electron chi connectivity index (χ1n) is 8.87. The van der Waals surface area contributed by atoms with Gasteiger partial charge in [0.05, 0.1) is 5.41 Å². The van der Waals surface area contributed by atoms with Gasteiger partial charge in [0.2, 0.25) is 23.6 Å². The third kappa shape index (κ3) is 3.34. The van der Waals surface area contributed by atoms with Crippen LogP contribution in [0.25, 0.3) is 0 Å². The van der Waals surface area contributed by atoms with Gasteiger partial charge in [-0.25, -0.2) is 0 Å². The van der Waals surface area contributed by atoms with Crippen LogP contribution in [0.2, 0.25) is 0 Å². The lowest BCUT2D eigenvalue weighted by molar-refractivity contribution is -0.147. The molecular formula is C19H23N3O4. The van der Waals surface area contributed by atoms with Crippen LogP contribution in [0.3, 0.4) is 0 Å². The van der Waals surface area contributed by atoms with Gasteiger partial charge in [-0.3, -0.25) is 24.1 Å². The summed E-state index contributed by atoms with van der Waals surface area (Å²) in [5.41, 5.74) is 0.577. The average molecular weight is 357 g/mol. The maximum absolute atomic E-state index is 12.8. The van der Waals surface area contributed by atoms with Gasteiger partial charge in [0.1, 0.15) is 6.04 Å². The predicted molar refractivity (Wildman–Crippen MR) is 96.2 cm³/mol. The van der Waals surface area contributed by atoms with E-state index in [4.69, 9.17) is 0 Å². The van der Waals surface area contributed by atoms with Crippen molar-refractivity contribution >= 4 is 35.0 Å². The van der Waals surface area contributed by atoms with Gasteiger partial charge in [-0.15, -0.1) is 0 Å². The fraction of sp³-hybridized carbons (Fsp3) is 0.474. The second-order valence-corrected chi connectivity index (χ2v) is 7.16. The summed E-state index contributed by atoms with van der Waals surface area (Å²) < 4.78 is 0. The Labute approximate surface area is 152 Å². The first kappa shape index (κ1) is 18.1. The molecule has 1 spiro atoms. The molecule has 1 atom stereocenters. The number of nitrogens with one attached hydrogen (secondary N) is 2. The van der Waals surface area contributed by atoms with Gasteiger partial charge in [0, 0.05) is 24.7 Å². The minimum Gasteiger partial charge on any atom is -0.326 e. The first-order chi connectivity index (χ1) is 12.3. The summed E-state index contributed by atoms with van der Waals surface area (Å²) in [6.45, 7) is 2.99. The first-order valence-corrected chi connectivity index (χ1v) is 8.87. The molecule has 1 aliphatic carbocycles. The minimum atomic E-state index is -0.856. The second kappa shape index (κ2) is 6.90. The molecule has 138 valence electrons. The Balaban J connectivity index is 1.67. The molecule has 1 heterocycles. The summed E-state index contributed by atoms with van der Waals surface area (Å²) in [6.07, 6.45) is 3.58. The Kier molecular flexibility index (Phi) is 4.80. The molecule has 0 bridgehead atoms. The lowest BCUT2D eigenvalue weighted by atomic mass is 9.84. The van der Waals surface area contributed by atoms with Gasteiger partial charge in [0.15, 0.2) is 0 Å². The maximum Gasteiger partial charge on any atom is 0.247 e. The van der Waals surface area contributed by atoms with E-state index in [0.717, 1.165) is 30.6 Å². The minimum absolute atomic E-state index is 0.178. The molecule has 4 amide bonds. The molecule has 1 saturated heterocycles. The molecule has 2 N–H and O–H groups in total. The lowest BCUT2D eigenvalue weighted by Gasteiger charge is -2.25. The van der Waals surface area contributed by atoms with E-state index < -0.39 is 17.4 Å². The number of benzene rings is 1. The number of likely N-dealkylation sites (tertiary alicyclic amines) is 1. The number of carbonyl (C=O) groups excluding carboxylic acids is 4. The molecule has 2 aliphatic rings. The molecule has 0 radical (unpaired) electrons. The van der Waals surface area contributed by atoms with Crippen LogP contribution in [0.4, 0.5) is 11.4 Å². The summed E-state index contributed by atoms with van der Waals surface area (Å²) in [6, 6.07) is 5.79. The number of anilines is 2. The zero-order valence-electron chi connectivity index (χ0n) is 15.0. The van der Waals surface area contributed by atoms with Crippen LogP contribution in [0.15, 0.2) is 24.3 Å². The standard InChI is InChI=1S/C19H23N3O4/c1-12(22-16(24)11-19(18(22)26)9-3-4-10-19)17(25)21-15-7-5-14(6-8-15)20-13(2)23/h5-8,12H,3-4,9-11H2,1-2H3,(H,20,23)(H,21,25)/t12-/m0/s1. The Morgan fingerprint density at radius 1 is 1.04 bits per heavy atom. The number of rotatable bonds is 4. The van der Waals surface area contributed by atoms with E-state index in [1.165, 1.54) is 6.92 Å². The molecule has 7 heteroatoms. The van der Waals surface area contributed by atoms with Crippen LogP contribution in [0.1, 0.15) is 46.0 Å². The predicted octanol–water partition coefficient (Wildman–Crippen LogP) is 2.29. The van der Waals surface area contributed by atoms with Crippen LogP contribution >= 0.6 is 0 Å². The van der Waals surface area contributed by atoms with Crippen molar-refractivity contribution in [2.45, 2.75) is 52.0 Å². The number of hydrogen-bond donors (Lipinski definition) is 2. The highest BCUT2D eigenvalue weighted by Crippen LogP contribution is 2.47. The second-order valence-electron chi connectivity index (χ2n) is 7.16. The summed E-state index contributed by atoms with van der Waals surface area (Å²) in [5, 5.41) is 5.36. The van der Waals surface area contributed by atoms with Crippen molar-refractivity contribution in [1.82, 2.24) is 4.90 Å². The molecule has 1 aliphatic heterocycles. The van der Waals surface area contributed by atoms with E-state index in [2.05, 4.69) is 10.6 Å². The van der Waals surface area contributed by atoms with Crippen molar-refractivity contribution in [1.29, 1.82) is 0 Å². The zero-order chi connectivity index (χ0) is 18.9. The van der Waals surface area contributed by atoms with E-state index in [1.54, 1.807) is 31.2 Å². The smallest absolute Gasteiger partial charge is 0.247 e. The highest BCUT2D eigenvalue weighted by atomic mass is 16.2. The number of imide groups is 1. The lowest BCUT2D eigenvalue weighted by Crippen LogP contribution is -2.46. The fourth-order valence-electron chi connectivity index (χ4n) is 3.86. The molecule has 1 aromatic carbocycles. The SMILES string of the molecule is CC(=O)Nc1ccc(NC(=O)[C@H](C)N2C(=O)CC3(CCCC3)C2=O)cc1. The number of amides is 4. The number of carbonyl (C=O) groups is 4. The zero-order valence-corrected chi connectivity index (χ0v) is 15.0. The molecule has 1 aromatic rings. The topological polar surface area (TPSA) is 95.6 Å². The third-order valence-corrected chi connectivity index (χ3v) is 5.23. The highest BCUT2D eigenvalue weighted by molar-refractivity contribution is 6.10. The Hall–Kier alpha value is -2.70. The highest BCUT2D eigenvalue weighted by Gasteiger charge is 2.54. The van der Waals surface area contributed by atoms with Crippen molar-refractivity contribution in [3.8, 4) is 0 Å². The molecular weight excluding hydrogens is 334 g/mol. The van der Waals surface area contributed by atoms with Gasteiger partial charge >= 0.3 is 0 Å². The van der Waals surface area contributed by atoms with Crippen molar-refractivity contribution in [3.63, 3.8) is 0 Å².